The zero-order chi connectivity index (χ0) is 21.4. The Balaban J connectivity index is 1.68. The summed E-state index contributed by atoms with van der Waals surface area (Å²) in [6.07, 6.45) is 8.33. The summed E-state index contributed by atoms with van der Waals surface area (Å²) >= 11 is 0. The number of aryl methyl sites for hydroxylation is 2. The molecule has 0 saturated carbocycles. The fraction of sp³-hybridized carbons (Fsp3) is 0.217. The van der Waals surface area contributed by atoms with Crippen LogP contribution in [0.1, 0.15) is 18.1 Å². The lowest BCUT2D eigenvalue weighted by Crippen LogP contribution is -2.01. The highest BCUT2D eigenvalue weighted by molar-refractivity contribution is 5.78. The van der Waals surface area contributed by atoms with Gasteiger partial charge in [-0.25, -0.2) is 14.2 Å². The molecule has 0 unspecified atom stereocenters. The van der Waals surface area contributed by atoms with E-state index < -0.39 is 0 Å². The minimum Gasteiger partial charge on any atom is -0.394 e. The highest BCUT2D eigenvalue weighted by Crippen LogP contribution is 2.28. The summed E-state index contributed by atoms with van der Waals surface area (Å²) in [5.41, 5.74) is 6.03. The first-order valence-electron chi connectivity index (χ1n) is 10.3. The van der Waals surface area contributed by atoms with Crippen LogP contribution in [0.5, 0.6) is 0 Å². The van der Waals surface area contributed by atoms with Gasteiger partial charge in [0.15, 0.2) is 11.6 Å². The van der Waals surface area contributed by atoms with Gasteiger partial charge in [0, 0.05) is 12.4 Å². The molecule has 0 spiro atoms. The lowest BCUT2D eigenvalue weighted by Gasteiger charge is -2.06. The molecule has 0 aliphatic heterocycles. The number of aliphatic hydroxyl groups is 1. The van der Waals surface area contributed by atoms with Gasteiger partial charge in [-0.2, -0.15) is 10.2 Å². The molecule has 1 N–H and O–H groups in total. The van der Waals surface area contributed by atoms with Crippen LogP contribution in [0, 0.1) is 6.92 Å². The van der Waals surface area contributed by atoms with Gasteiger partial charge in [0.1, 0.15) is 0 Å². The molecule has 0 saturated heterocycles. The average Bonchev–Trinajstić information content (AvgIpc) is 3.51. The molecule has 0 atom stereocenters. The molecular formula is C23H23N7O. The van der Waals surface area contributed by atoms with E-state index in [0.29, 0.717) is 12.4 Å². The number of fused-ring (bicyclic) bond motifs is 1. The summed E-state index contributed by atoms with van der Waals surface area (Å²) in [4.78, 5) is 4.88. The minimum absolute atomic E-state index is 0.0275. The lowest BCUT2D eigenvalue weighted by atomic mass is 10.1. The predicted molar refractivity (Wildman–Crippen MR) is 118 cm³/mol. The van der Waals surface area contributed by atoms with Crippen molar-refractivity contribution in [1.29, 1.82) is 0 Å². The molecule has 0 amide bonds. The number of pyridine rings is 1. The summed E-state index contributed by atoms with van der Waals surface area (Å²) in [6.45, 7) is 4.66. The maximum atomic E-state index is 9.18. The Bertz CT molecular complexity index is 1340. The molecule has 5 rings (SSSR count). The van der Waals surface area contributed by atoms with Gasteiger partial charge in [-0.05, 0) is 48.7 Å². The number of rotatable bonds is 6. The highest BCUT2D eigenvalue weighted by atomic mass is 16.3. The number of aromatic nitrogens is 7. The topological polar surface area (TPSA) is 86.1 Å². The van der Waals surface area contributed by atoms with Gasteiger partial charge < -0.3 is 5.11 Å². The molecule has 0 aliphatic rings. The van der Waals surface area contributed by atoms with Crippen LogP contribution in [0.2, 0.25) is 0 Å². The van der Waals surface area contributed by atoms with Crippen molar-refractivity contribution in [3.8, 4) is 28.5 Å². The van der Waals surface area contributed by atoms with Crippen molar-refractivity contribution in [3.63, 3.8) is 0 Å². The van der Waals surface area contributed by atoms with E-state index in [4.69, 9.17) is 10.1 Å². The van der Waals surface area contributed by atoms with Crippen molar-refractivity contribution in [1.82, 2.24) is 34.2 Å². The van der Waals surface area contributed by atoms with Crippen LogP contribution in [0.15, 0.2) is 61.2 Å². The smallest absolute Gasteiger partial charge is 0.185 e. The highest BCUT2D eigenvalue weighted by Gasteiger charge is 2.19. The van der Waals surface area contributed by atoms with Crippen LogP contribution in [-0.4, -0.2) is 45.9 Å². The van der Waals surface area contributed by atoms with Gasteiger partial charge in [-0.1, -0.05) is 19.1 Å². The van der Waals surface area contributed by atoms with Gasteiger partial charge in [0.05, 0.1) is 47.9 Å². The molecule has 156 valence electrons. The van der Waals surface area contributed by atoms with Gasteiger partial charge in [0.25, 0.3) is 0 Å². The normalized spacial score (nSPS) is 11.5. The standard InChI is InChI=1S/C23H23N7O/c1-3-17-4-6-19(7-5-17)30-23(20-14-25-29-9-8-16(2)12-21(20)29)26-22(27-30)18-13-24-28(15-18)10-11-31/h4-9,12-15,31H,3,10-11H2,1-2H3. The third kappa shape index (κ3) is 3.51. The Morgan fingerprint density at radius 2 is 1.87 bits per heavy atom. The average molecular weight is 413 g/mol. The van der Waals surface area contributed by atoms with Crippen molar-refractivity contribution in [2.75, 3.05) is 6.61 Å². The van der Waals surface area contributed by atoms with Crippen LogP contribution in [0.25, 0.3) is 34.0 Å². The second-order valence-corrected chi connectivity index (χ2v) is 7.50. The van der Waals surface area contributed by atoms with E-state index in [1.165, 1.54) is 5.56 Å². The van der Waals surface area contributed by atoms with Crippen molar-refractivity contribution >= 4 is 5.52 Å². The van der Waals surface area contributed by atoms with Gasteiger partial charge >= 0.3 is 0 Å². The summed E-state index contributed by atoms with van der Waals surface area (Å²) in [7, 11) is 0. The molecule has 5 aromatic rings. The Morgan fingerprint density at radius 3 is 2.65 bits per heavy atom. The minimum atomic E-state index is 0.0275. The summed E-state index contributed by atoms with van der Waals surface area (Å²) in [6, 6.07) is 12.5. The van der Waals surface area contributed by atoms with Gasteiger partial charge in [-0.3, -0.25) is 4.68 Å². The van der Waals surface area contributed by atoms with Crippen molar-refractivity contribution in [3.05, 3.63) is 72.3 Å². The van der Waals surface area contributed by atoms with E-state index in [-0.39, 0.29) is 6.61 Å². The number of hydrogen-bond donors (Lipinski definition) is 1. The summed E-state index contributed by atoms with van der Waals surface area (Å²) in [5.74, 6) is 1.29. The summed E-state index contributed by atoms with van der Waals surface area (Å²) < 4.78 is 5.39. The molecule has 8 heteroatoms. The third-order valence-corrected chi connectivity index (χ3v) is 5.33. The predicted octanol–water partition coefficient (Wildman–Crippen LogP) is 3.31. The van der Waals surface area contributed by atoms with E-state index in [1.54, 1.807) is 10.9 Å². The lowest BCUT2D eigenvalue weighted by molar-refractivity contribution is 0.269. The van der Waals surface area contributed by atoms with E-state index in [1.807, 2.05) is 33.9 Å². The molecular weight excluding hydrogens is 390 g/mol. The van der Waals surface area contributed by atoms with Crippen molar-refractivity contribution < 1.29 is 5.11 Å². The first-order chi connectivity index (χ1) is 15.2. The molecule has 0 bridgehead atoms. The number of aliphatic hydroxyl groups excluding tert-OH is 1. The Morgan fingerprint density at radius 1 is 1.03 bits per heavy atom. The van der Waals surface area contributed by atoms with Crippen LogP contribution in [0.4, 0.5) is 0 Å². The van der Waals surface area contributed by atoms with Crippen molar-refractivity contribution in [2.24, 2.45) is 0 Å². The van der Waals surface area contributed by atoms with Crippen LogP contribution in [0.3, 0.4) is 0 Å². The Kier molecular flexibility index (Phi) is 4.83. The largest absolute Gasteiger partial charge is 0.394 e. The van der Waals surface area contributed by atoms with E-state index in [2.05, 4.69) is 54.4 Å². The molecule has 0 fully saturated rings. The number of nitrogens with zero attached hydrogens (tertiary/aromatic N) is 7. The quantitative estimate of drug-likeness (QED) is 0.462. The second-order valence-electron chi connectivity index (χ2n) is 7.50. The second kappa shape index (κ2) is 7.81. The van der Waals surface area contributed by atoms with Crippen LogP contribution in [-0.2, 0) is 13.0 Å². The molecule has 0 aliphatic carbocycles. The maximum Gasteiger partial charge on any atom is 0.185 e. The fourth-order valence-electron chi connectivity index (χ4n) is 3.62. The molecule has 8 nitrogen and oxygen atoms in total. The van der Waals surface area contributed by atoms with Crippen molar-refractivity contribution in [2.45, 2.75) is 26.8 Å². The monoisotopic (exact) mass is 413 g/mol. The molecule has 31 heavy (non-hydrogen) atoms. The number of hydrogen-bond acceptors (Lipinski definition) is 5. The zero-order valence-corrected chi connectivity index (χ0v) is 17.5. The molecule has 1 aromatic carbocycles. The number of benzene rings is 1. The Labute approximate surface area is 179 Å². The van der Waals surface area contributed by atoms with E-state index >= 15 is 0 Å². The fourth-order valence-corrected chi connectivity index (χ4v) is 3.62. The Hall–Kier alpha value is -3.78. The van der Waals surface area contributed by atoms with E-state index in [9.17, 15) is 5.11 Å². The van der Waals surface area contributed by atoms with E-state index in [0.717, 1.165) is 40.1 Å². The molecule has 4 aromatic heterocycles. The third-order valence-electron chi connectivity index (χ3n) is 5.33. The SMILES string of the molecule is CCc1ccc(-n2nc(-c3cnn(CCO)c3)nc2-c2cnn3ccc(C)cc23)cc1. The zero-order valence-electron chi connectivity index (χ0n) is 17.5. The summed E-state index contributed by atoms with van der Waals surface area (Å²) in [5, 5.41) is 22.8. The molecule has 4 heterocycles. The first-order valence-corrected chi connectivity index (χ1v) is 10.3. The van der Waals surface area contributed by atoms with Gasteiger partial charge in [-0.15, -0.1) is 5.10 Å². The first kappa shape index (κ1) is 19.2. The van der Waals surface area contributed by atoms with Crippen LogP contribution < -0.4 is 0 Å². The maximum absolute atomic E-state index is 9.18. The van der Waals surface area contributed by atoms with Crippen LogP contribution >= 0.6 is 0 Å². The molecule has 0 radical (unpaired) electrons. The van der Waals surface area contributed by atoms with Gasteiger partial charge in [0.2, 0.25) is 0 Å².